The number of hydrogen-bond donors (Lipinski definition) is 16. The van der Waals surface area contributed by atoms with Crippen LogP contribution in [0.4, 0.5) is 0 Å². The van der Waals surface area contributed by atoms with Crippen LogP contribution in [0.5, 0.6) is 0 Å². The summed E-state index contributed by atoms with van der Waals surface area (Å²) >= 11 is 0. The Morgan fingerprint density at radius 2 is 0.430 bits per heavy atom. The van der Waals surface area contributed by atoms with Crippen LogP contribution in [-0.2, 0) is 52.1 Å². The first kappa shape index (κ1) is 98.1. The molecule has 2 saturated heterocycles. The molecule has 135 heavy (non-hydrogen) atoms. The summed E-state index contributed by atoms with van der Waals surface area (Å²) in [4.78, 5) is 328. The Balaban J connectivity index is 1.39. The van der Waals surface area contributed by atoms with E-state index in [1.165, 1.54) is 0 Å². The van der Waals surface area contributed by atoms with E-state index in [2.05, 4.69) is 0 Å². The lowest BCUT2D eigenvalue weighted by Gasteiger charge is -2.46. The molecule has 16 N–H and O–H groups in total. The van der Waals surface area contributed by atoms with E-state index in [1.807, 2.05) is 0 Å². The average molecular weight is 1880 g/mol. The number of hydrogen-bond acceptors (Lipinski definition) is 35. The Labute approximate surface area is 743 Å². The largest absolute Gasteiger partial charge is 0.478 e. The number of ether oxygens (including phenoxy) is 11. The van der Waals surface area contributed by atoms with Crippen molar-refractivity contribution in [2.24, 2.45) is 0 Å². The molecule has 0 radical (unpaired) electrons. The smallest absolute Gasteiger partial charge is 0.339 e. The molecule has 8 aromatic carbocycles. The van der Waals surface area contributed by atoms with Gasteiger partial charge in [0.15, 0.2) is 30.5 Å². The third-order valence-electron chi connectivity index (χ3n) is 19.5. The number of aromatic carboxylic acids is 16. The van der Waals surface area contributed by atoms with E-state index in [-0.39, 0.29) is 36.4 Å². The molecule has 0 saturated carbocycles. The molecular weight excluding hydrogens is 1820 g/mol. The van der Waals surface area contributed by atoms with Crippen molar-refractivity contribution in [1.29, 1.82) is 0 Å². The van der Waals surface area contributed by atoms with Crippen molar-refractivity contribution >= 4 is 143 Å². The molecule has 0 aromatic heterocycles. The quantitative estimate of drug-likeness (QED) is 0.0185. The van der Waals surface area contributed by atoms with E-state index in [4.69, 9.17) is 52.1 Å². The molecule has 0 unspecified atom stereocenters. The predicted molar refractivity (Wildman–Crippen MR) is 417 cm³/mol. The third-order valence-corrected chi connectivity index (χ3v) is 19.5. The van der Waals surface area contributed by atoms with E-state index in [1.54, 1.807) is 0 Å². The molecule has 0 spiro atoms. The zero-order valence-electron chi connectivity index (χ0n) is 66.5. The number of carbonyl (C=O) groups excluding carboxylic acids is 8. The summed E-state index contributed by atoms with van der Waals surface area (Å²) in [7, 11) is 0. The van der Waals surface area contributed by atoms with Gasteiger partial charge in [0.05, 0.1) is 134 Å². The van der Waals surface area contributed by atoms with Gasteiger partial charge >= 0.3 is 143 Å². The molecule has 2 fully saturated rings. The third kappa shape index (κ3) is 21.5. The van der Waals surface area contributed by atoms with Crippen molar-refractivity contribution in [2.45, 2.75) is 54.8 Å². The van der Waals surface area contributed by atoms with Crippen LogP contribution in [0.3, 0.4) is 0 Å². The number of benzene rings is 8. The van der Waals surface area contributed by atoms with Crippen molar-refractivity contribution < 1.29 is 249 Å². The second-order valence-corrected chi connectivity index (χ2v) is 27.7. The number of rotatable bonds is 37. The van der Waals surface area contributed by atoms with Crippen LogP contribution in [0.25, 0.3) is 0 Å². The lowest BCUT2D eigenvalue weighted by Crippen LogP contribution is -2.66. The molecule has 0 amide bonds. The lowest BCUT2D eigenvalue weighted by molar-refractivity contribution is -0.380. The highest BCUT2D eigenvalue weighted by atomic mass is 16.8. The summed E-state index contributed by atoms with van der Waals surface area (Å²) in [6, 6.07) is 9.36. The van der Waals surface area contributed by atoms with Gasteiger partial charge in [0.1, 0.15) is 32.0 Å². The van der Waals surface area contributed by atoms with Crippen LogP contribution in [0.2, 0.25) is 0 Å². The van der Waals surface area contributed by atoms with Gasteiger partial charge in [0, 0.05) is 0 Å². The number of carboxylic acid groups (broad SMARTS) is 16. The molecule has 8 aromatic rings. The molecule has 696 valence electrons. The Morgan fingerprint density at radius 3 is 0.674 bits per heavy atom. The SMILES string of the molecule is O=C(O)c1ccc(C(=O)O)c(C(=O)OC[C@H]2O[C@@](COC(=O)c3cc(C(=O)O)ccc3C(=O)O)(O[C@H]3O[C@H](COC(=O)c4cc(C(=O)O)ccc4C(=O)O)[C@@H](OC(=O)c4cc(C(=O)O)ccc4C(=O)O)[C@H](OC(=O)c4cc(C(=O)O)ccc4C(=O)O)[C@H]3OC(=O)c3cc(C(=O)O)ccc3C(=O)O)[C@@H](OC(=O)c3cc(C(=O)O)ccc3C(=O)O)[C@@H]2OC(=O)c2cc(C(=O)O)ccc2C(=O)O)c1. The normalized spacial score (nSPS) is 17.4. The molecule has 0 aliphatic carbocycles. The van der Waals surface area contributed by atoms with Gasteiger partial charge in [0.2, 0.25) is 12.1 Å². The Bertz CT molecular complexity index is 6520. The second-order valence-electron chi connectivity index (χ2n) is 27.7. The highest BCUT2D eigenvalue weighted by molar-refractivity contribution is 6.11. The molecule has 10 rings (SSSR count). The maximum absolute atomic E-state index is 15.7. The van der Waals surface area contributed by atoms with E-state index >= 15 is 28.8 Å². The Kier molecular flexibility index (Phi) is 29.1. The minimum Gasteiger partial charge on any atom is -0.478 e. The van der Waals surface area contributed by atoms with Gasteiger partial charge in [-0.25, -0.2) is 115 Å². The summed E-state index contributed by atoms with van der Waals surface area (Å²) in [6.07, 6.45) is -27.9. The van der Waals surface area contributed by atoms with Crippen LogP contribution >= 0.6 is 0 Å². The summed E-state index contributed by atoms with van der Waals surface area (Å²) in [5.41, 5.74) is -30.7. The fraction of sp³-hybridized carbons (Fsp3) is 0.143. The first-order chi connectivity index (χ1) is 63.4. The van der Waals surface area contributed by atoms with Crippen LogP contribution in [0.15, 0.2) is 146 Å². The zero-order chi connectivity index (χ0) is 99.7. The number of carbonyl (C=O) groups is 24. The molecule has 51 heteroatoms. The number of carboxylic acids is 16. The summed E-state index contributed by atoms with van der Waals surface area (Å²) in [5, 5.41) is 166. The van der Waals surface area contributed by atoms with Gasteiger partial charge in [-0.1, -0.05) is 0 Å². The van der Waals surface area contributed by atoms with Gasteiger partial charge < -0.3 is 134 Å². The highest BCUT2D eigenvalue weighted by Gasteiger charge is 2.66. The van der Waals surface area contributed by atoms with Gasteiger partial charge in [-0.3, -0.25) is 0 Å². The van der Waals surface area contributed by atoms with E-state index < -0.39 is 351 Å². The van der Waals surface area contributed by atoms with Crippen molar-refractivity contribution in [2.75, 3.05) is 19.8 Å². The summed E-state index contributed by atoms with van der Waals surface area (Å²) in [6.45, 7) is -6.59. The fourth-order valence-corrected chi connectivity index (χ4v) is 13.1. The summed E-state index contributed by atoms with van der Waals surface area (Å²) in [5.74, 6) is -56.6. The maximum atomic E-state index is 15.7. The van der Waals surface area contributed by atoms with Crippen LogP contribution in [0, 0.1) is 0 Å². The highest BCUT2D eigenvalue weighted by Crippen LogP contribution is 2.44. The van der Waals surface area contributed by atoms with Gasteiger partial charge in [-0.05, 0) is 146 Å². The lowest BCUT2D eigenvalue weighted by atomic mass is 9.96. The predicted octanol–water partition coefficient (Wildman–Crippen LogP) is 4.69. The molecule has 51 nitrogen and oxygen atoms in total. The standard InChI is InChI=1S/C84H54O51/c85-59(86)28-1-9-36(67(101)102)44(17-28)75(117)125-25-52-54(129-78(120)47-20-31(62(91)92)4-12-39(47)70(107)108)56(131-80(122)49-22-33(64(95)96)6-14-41(49)72(111)112)57(132-81(123)50-23-34(65(97)98)7-15-42(50)73(113)114)83(128-52)135-84(27-127-77(119)46-19-30(61(89)90)3-11-38(46)69(105)106)58(133-82(124)51-24-35(66(99)100)8-16-43(51)74(115)116)55(130-79(121)48-21-32(63(93)94)5-13-40(48)71(109)110)53(134-84)26-126-76(118)45-18-29(60(87)88)2-10-37(45)68(103)104/h1-24,52-58,83H,25-27H2,(H,85,86)(H,87,88)(H,89,90)(H,91,92)(H,93,94)(H,95,96)(H,97,98)(H,99,100)(H,101,102)(H,103,104)(H,105,106)(H,107,108)(H,109,110)(H,111,112)(H,113,114)(H,115,116)/t52-,53-,54-,55-,56+,57-,58+,83-,84+/m1/s1. The van der Waals surface area contributed by atoms with E-state index in [9.17, 15) is 168 Å². The van der Waals surface area contributed by atoms with E-state index in [0.29, 0.717) is 109 Å². The van der Waals surface area contributed by atoms with Gasteiger partial charge in [-0.15, -0.1) is 0 Å². The summed E-state index contributed by atoms with van der Waals surface area (Å²) < 4.78 is 65.2. The molecule has 2 heterocycles. The molecule has 0 bridgehead atoms. The molecule has 9 atom stereocenters. The van der Waals surface area contributed by atoms with Gasteiger partial charge in [0.25, 0.3) is 0 Å². The monoisotopic (exact) mass is 1880 g/mol. The molecular formula is C84H54O51. The van der Waals surface area contributed by atoms with Crippen LogP contribution < -0.4 is 0 Å². The Hall–Kier alpha value is -19.1. The minimum atomic E-state index is -4.49. The first-order valence-corrected chi connectivity index (χ1v) is 36.9. The van der Waals surface area contributed by atoms with Crippen LogP contribution in [0.1, 0.15) is 249 Å². The minimum absolute atomic E-state index is 0.161. The van der Waals surface area contributed by atoms with Gasteiger partial charge in [-0.2, -0.15) is 0 Å². The second kappa shape index (κ2) is 40.1. The maximum Gasteiger partial charge on any atom is 0.339 e. The topological polar surface area (TPSA) is 835 Å². The zero-order valence-corrected chi connectivity index (χ0v) is 66.5. The van der Waals surface area contributed by atoms with Crippen LogP contribution in [-0.4, -0.2) is 300 Å². The average Bonchev–Trinajstić information content (AvgIpc) is 1.65. The van der Waals surface area contributed by atoms with Crippen molar-refractivity contribution in [3.63, 3.8) is 0 Å². The fourth-order valence-electron chi connectivity index (χ4n) is 13.1. The van der Waals surface area contributed by atoms with Crippen molar-refractivity contribution in [3.05, 3.63) is 279 Å². The first-order valence-electron chi connectivity index (χ1n) is 36.9. The van der Waals surface area contributed by atoms with Crippen molar-refractivity contribution in [1.82, 2.24) is 0 Å². The molecule has 2 aliphatic heterocycles. The van der Waals surface area contributed by atoms with Crippen molar-refractivity contribution in [3.8, 4) is 0 Å². The molecule has 2 aliphatic rings. The Morgan fingerprint density at radius 1 is 0.222 bits per heavy atom. The van der Waals surface area contributed by atoms with E-state index in [0.717, 1.165) is 0 Å². The number of esters is 8.